The molecule has 2 nitrogen and oxygen atoms in total. The summed E-state index contributed by atoms with van der Waals surface area (Å²) in [6.45, 7) is 9.67. The number of halogens is 1. The quantitative estimate of drug-likeness (QED) is 0.514. The molecule has 0 aromatic carbocycles. The minimum Gasteiger partial charge on any atom is -0.521 e. The zero-order chi connectivity index (χ0) is 9.94. The smallest absolute Gasteiger partial charge is 0.311 e. The van der Waals surface area contributed by atoms with Gasteiger partial charge in [0.2, 0.25) is 9.04 Å². The highest BCUT2D eigenvalue weighted by atomic mass is 35.5. The SMILES string of the molecule is C[SiH](C)OC(=O)C(Cl)C(C)(C)C. The van der Waals surface area contributed by atoms with Gasteiger partial charge in [-0.15, -0.1) is 11.6 Å². The fourth-order valence-electron chi connectivity index (χ4n) is 0.646. The van der Waals surface area contributed by atoms with Crippen molar-refractivity contribution < 1.29 is 9.22 Å². The second-order valence-corrected chi connectivity index (χ2v) is 6.98. The first-order valence-electron chi connectivity index (χ1n) is 4.09. The van der Waals surface area contributed by atoms with Crippen molar-refractivity contribution >= 4 is 26.6 Å². The van der Waals surface area contributed by atoms with Crippen LogP contribution >= 0.6 is 11.6 Å². The maximum absolute atomic E-state index is 11.3. The van der Waals surface area contributed by atoms with E-state index in [4.69, 9.17) is 16.0 Å². The van der Waals surface area contributed by atoms with Crippen molar-refractivity contribution in [2.45, 2.75) is 39.2 Å². The van der Waals surface area contributed by atoms with Crippen molar-refractivity contribution in [3.63, 3.8) is 0 Å². The lowest BCUT2D eigenvalue weighted by Crippen LogP contribution is -2.33. The second-order valence-electron chi connectivity index (χ2n) is 4.21. The van der Waals surface area contributed by atoms with Crippen molar-refractivity contribution in [2.75, 3.05) is 0 Å². The summed E-state index contributed by atoms with van der Waals surface area (Å²) in [6.07, 6.45) is 0. The van der Waals surface area contributed by atoms with Crippen LogP contribution in [-0.2, 0) is 9.22 Å². The van der Waals surface area contributed by atoms with Gasteiger partial charge in [0.05, 0.1) is 0 Å². The van der Waals surface area contributed by atoms with E-state index in [-0.39, 0.29) is 11.4 Å². The lowest BCUT2D eigenvalue weighted by Gasteiger charge is -2.24. The normalized spacial score (nSPS) is 14.6. The maximum Gasteiger partial charge on any atom is 0.311 e. The van der Waals surface area contributed by atoms with Crippen LogP contribution in [0, 0.1) is 5.41 Å². The van der Waals surface area contributed by atoms with Crippen molar-refractivity contribution in [1.29, 1.82) is 0 Å². The van der Waals surface area contributed by atoms with Crippen LogP contribution in [0.5, 0.6) is 0 Å². The average Bonchev–Trinajstić information content (AvgIpc) is 1.82. The van der Waals surface area contributed by atoms with E-state index in [1.54, 1.807) is 0 Å². The van der Waals surface area contributed by atoms with Gasteiger partial charge in [-0.3, -0.25) is 4.79 Å². The van der Waals surface area contributed by atoms with Crippen molar-refractivity contribution in [2.24, 2.45) is 5.41 Å². The predicted molar refractivity (Wildman–Crippen MR) is 54.1 cm³/mol. The molecule has 0 spiro atoms. The standard InChI is InChI=1S/C8H17ClO2Si/c1-8(2,3)6(9)7(10)11-12(4)5/h6,12H,1-5H3. The van der Waals surface area contributed by atoms with Gasteiger partial charge in [0.1, 0.15) is 5.38 Å². The van der Waals surface area contributed by atoms with E-state index < -0.39 is 14.4 Å². The average molecular weight is 209 g/mol. The third kappa shape index (κ3) is 4.12. The zero-order valence-corrected chi connectivity index (χ0v) is 10.3. The van der Waals surface area contributed by atoms with Crippen molar-refractivity contribution in [3.8, 4) is 0 Å². The van der Waals surface area contributed by atoms with Gasteiger partial charge in [-0.2, -0.15) is 0 Å². The zero-order valence-electron chi connectivity index (χ0n) is 8.35. The van der Waals surface area contributed by atoms with Gasteiger partial charge >= 0.3 is 5.97 Å². The Kier molecular flexibility index (Phi) is 4.27. The van der Waals surface area contributed by atoms with E-state index in [0.29, 0.717) is 0 Å². The van der Waals surface area contributed by atoms with Gasteiger partial charge in [0.15, 0.2) is 0 Å². The molecule has 0 fully saturated rings. The third-order valence-electron chi connectivity index (χ3n) is 1.32. The fraction of sp³-hybridized carbons (Fsp3) is 0.875. The molecule has 0 radical (unpaired) electrons. The summed E-state index contributed by atoms with van der Waals surface area (Å²) in [4.78, 5) is 11.3. The summed E-state index contributed by atoms with van der Waals surface area (Å²) in [6, 6.07) is 0. The van der Waals surface area contributed by atoms with Crippen LogP contribution < -0.4 is 0 Å². The number of alkyl halides is 1. The Balaban J connectivity index is 4.12. The second kappa shape index (κ2) is 4.28. The van der Waals surface area contributed by atoms with Gasteiger partial charge < -0.3 is 4.43 Å². The first-order valence-corrected chi connectivity index (χ1v) is 7.31. The molecule has 0 N–H and O–H groups in total. The van der Waals surface area contributed by atoms with Crippen LogP contribution in [0.15, 0.2) is 0 Å². The monoisotopic (exact) mass is 208 g/mol. The van der Waals surface area contributed by atoms with Crippen molar-refractivity contribution in [3.05, 3.63) is 0 Å². The molecule has 0 rings (SSSR count). The van der Waals surface area contributed by atoms with E-state index in [1.165, 1.54) is 0 Å². The molecule has 0 aliphatic rings. The van der Waals surface area contributed by atoms with E-state index in [2.05, 4.69) is 0 Å². The first-order chi connectivity index (χ1) is 5.25. The van der Waals surface area contributed by atoms with Crippen LogP contribution in [-0.4, -0.2) is 20.4 Å². The first kappa shape index (κ1) is 12.0. The van der Waals surface area contributed by atoms with Gasteiger partial charge in [-0.1, -0.05) is 20.8 Å². The number of hydrogen-bond acceptors (Lipinski definition) is 2. The Morgan fingerprint density at radius 3 is 2.08 bits per heavy atom. The Hall–Kier alpha value is -0.0231. The van der Waals surface area contributed by atoms with Crippen LogP contribution in [0.2, 0.25) is 13.1 Å². The lowest BCUT2D eigenvalue weighted by atomic mass is 9.92. The summed E-state index contributed by atoms with van der Waals surface area (Å²) in [7, 11) is -1.29. The summed E-state index contributed by atoms with van der Waals surface area (Å²) < 4.78 is 5.11. The topological polar surface area (TPSA) is 26.3 Å². The summed E-state index contributed by atoms with van der Waals surface area (Å²) in [5, 5.41) is -0.535. The molecule has 0 heterocycles. The number of carbonyl (C=O) groups excluding carboxylic acids is 1. The van der Waals surface area contributed by atoms with Crippen LogP contribution in [0.4, 0.5) is 0 Å². The molecule has 0 bridgehead atoms. The van der Waals surface area contributed by atoms with Crippen LogP contribution in [0.3, 0.4) is 0 Å². The fourth-order valence-corrected chi connectivity index (χ4v) is 1.38. The molecular weight excluding hydrogens is 192 g/mol. The highest BCUT2D eigenvalue weighted by Gasteiger charge is 2.30. The van der Waals surface area contributed by atoms with Crippen LogP contribution in [0.25, 0.3) is 0 Å². The minimum atomic E-state index is -1.29. The summed E-state index contributed by atoms with van der Waals surface area (Å²) in [5.74, 6) is -0.272. The molecule has 0 aliphatic carbocycles. The molecule has 1 unspecified atom stereocenters. The summed E-state index contributed by atoms with van der Waals surface area (Å²) >= 11 is 5.90. The number of rotatable bonds is 2. The molecule has 0 amide bonds. The van der Waals surface area contributed by atoms with Gasteiger partial charge in [0.25, 0.3) is 0 Å². The lowest BCUT2D eigenvalue weighted by molar-refractivity contribution is -0.136. The largest absolute Gasteiger partial charge is 0.521 e. The van der Waals surface area contributed by atoms with E-state index in [1.807, 2.05) is 33.9 Å². The molecule has 0 saturated carbocycles. The minimum absolute atomic E-state index is 0.220. The van der Waals surface area contributed by atoms with Gasteiger partial charge in [0, 0.05) is 0 Å². The van der Waals surface area contributed by atoms with E-state index in [0.717, 1.165) is 0 Å². The predicted octanol–water partition coefficient (Wildman–Crippen LogP) is 2.17. The molecule has 0 aromatic rings. The Morgan fingerprint density at radius 2 is 1.83 bits per heavy atom. The molecular formula is C8H17ClO2Si. The molecule has 0 aliphatic heterocycles. The number of carbonyl (C=O) groups is 1. The molecule has 0 aromatic heterocycles. The summed E-state index contributed by atoms with van der Waals surface area (Å²) in [5.41, 5.74) is -0.220. The molecule has 12 heavy (non-hydrogen) atoms. The Labute approximate surface area is 81.0 Å². The Morgan fingerprint density at radius 1 is 1.42 bits per heavy atom. The molecule has 1 atom stereocenters. The van der Waals surface area contributed by atoms with E-state index >= 15 is 0 Å². The Bertz CT molecular complexity index is 163. The number of hydrogen-bond donors (Lipinski definition) is 0. The molecule has 4 heteroatoms. The highest BCUT2D eigenvalue weighted by Crippen LogP contribution is 2.25. The highest BCUT2D eigenvalue weighted by molar-refractivity contribution is 6.51. The van der Waals surface area contributed by atoms with Crippen molar-refractivity contribution in [1.82, 2.24) is 0 Å². The van der Waals surface area contributed by atoms with E-state index in [9.17, 15) is 4.79 Å². The van der Waals surface area contributed by atoms with Gasteiger partial charge in [-0.05, 0) is 18.5 Å². The van der Waals surface area contributed by atoms with Crippen LogP contribution in [0.1, 0.15) is 20.8 Å². The van der Waals surface area contributed by atoms with Gasteiger partial charge in [-0.25, -0.2) is 0 Å². The molecule has 0 saturated heterocycles. The third-order valence-corrected chi connectivity index (χ3v) is 2.86. The maximum atomic E-state index is 11.3. The molecule has 72 valence electrons.